The fourth-order valence-corrected chi connectivity index (χ4v) is 6.10. The number of benzene rings is 6. The van der Waals surface area contributed by atoms with Crippen LogP contribution < -0.4 is 4.90 Å². The lowest BCUT2D eigenvalue weighted by Crippen LogP contribution is -2.09. The van der Waals surface area contributed by atoms with E-state index in [4.69, 9.17) is 0 Å². The zero-order valence-electron chi connectivity index (χ0n) is 22.4. The molecule has 0 spiro atoms. The third kappa shape index (κ3) is 3.82. The monoisotopic (exact) mass is 525 g/mol. The summed E-state index contributed by atoms with van der Waals surface area (Å²) in [5.41, 5.74) is 9.29. The number of hydrogen-bond donors (Lipinski definition) is 0. The van der Waals surface area contributed by atoms with E-state index in [0.717, 1.165) is 28.4 Å². The minimum atomic E-state index is 1.13. The third-order valence-corrected chi connectivity index (χ3v) is 7.90. The average molecular weight is 526 g/mol. The molecule has 0 fully saturated rings. The predicted molar refractivity (Wildman–Crippen MR) is 172 cm³/mol. The number of anilines is 3. The van der Waals surface area contributed by atoms with Gasteiger partial charge in [0.05, 0.1) is 16.6 Å². The molecule has 0 saturated carbocycles. The molecule has 0 atom stereocenters. The highest BCUT2D eigenvalue weighted by molar-refractivity contribution is 6.18. The quantitative estimate of drug-likeness (QED) is 0.218. The minimum absolute atomic E-state index is 1.13. The van der Waals surface area contributed by atoms with Crippen LogP contribution in [0.2, 0.25) is 0 Å². The Balaban J connectivity index is 1.46. The van der Waals surface area contributed by atoms with Crippen molar-refractivity contribution in [1.82, 2.24) is 9.13 Å². The average Bonchev–Trinajstić information content (AvgIpc) is 3.62. The van der Waals surface area contributed by atoms with E-state index >= 15 is 0 Å². The summed E-state index contributed by atoms with van der Waals surface area (Å²) in [4.78, 5) is 2.33. The first-order valence-corrected chi connectivity index (χ1v) is 14.0. The van der Waals surface area contributed by atoms with E-state index in [9.17, 15) is 0 Å². The maximum atomic E-state index is 2.42. The molecular formula is C38H27N3. The Morgan fingerprint density at radius 3 is 1.63 bits per heavy atom. The number of rotatable bonds is 5. The summed E-state index contributed by atoms with van der Waals surface area (Å²) in [7, 11) is 0. The highest BCUT2D eigenvalue weighted by Gasteiger charge is 2.20. The van der Waals surface area contributed by atoms with E-state index in [2.05, 4.69) is 178 Å². The van der Waals surface area contributed by atoms with Crippen molar-refractivity contribution in [3.63, 3.8) is 0 Å². The van der Waals surface area contributed by atoms with Crippen molar-refractivity contribution in [1.29, 1.82) is 0 Å². The first-order valence-electron chi connectivity index (χ1n) is 14.0. The number of nitrogens with zero attached hydrogens (tertiary/aromatic N) is 3. The zero-order valence-corrected chi connectivity index (χ0v) is 22.4. The van der Waals surface area contributed by atoms with E-state index in [1.165, 1.54) is 32.7 Å². The second-order valence-corrected chi connectivity index (χ2v) is 10.3. The number of fused-ring (bicyclic) bond motifs is 5. The molecule has 194 valence electrons. The normalized spacial score (nSPS) is 11.4. The zero-order chi connectivity index (χ0) is 27.2. The van der Waals surface area contributed by atoms with Crippen LogP contribution in [0.4, 0.5) is 17.1 Å². The van der Waals surface area contributed by atoms with Crippen molar-refractivity contribution < 1.29 is 0 Å². The van der Waals surface area contributed by atoms with Crippen LogP contribution in [-0.2, 0) is 0 Å². The van der Waals surface area contributed by atoms with Crippen LogP contribution in [0.15, 0.2) is 164 Å². The van der Waals surface area contributed by atoms with Gasteiger partial charge in [0, 0.05) is 50.8 Å². The van der Waals surface area contributed by atoms with E-state index in [1.54, 1.807) is 0 Å². The van der Waals surface area contributed by atoms with Gasteiger partial charge < -0.3 is 14.0 Å². The van der Waals surface area contributed by atoms with E-state index in [0.29, 0.717) is 0 Å². The number of hydrogen-bond acceptors (Lipinski definition) is 1. The summed E-state index contributed by atoms with van der Waals surface area (Å²) in [5, 5.41) is 3.67. The Bertz CT molecular complexity index is 2090. The minimum Gasteiger partial charge on any atom is -0.315 e. The second kappa shape index (κ2) is 9.58. The third-order valence-electron chi connectivity index (χ3n) is 7.90. The molecule has 3 nitrogen and oxygen atoms in total. The van der Waals surface area contributed by atoms with Gasteiger partial charge in [-0.25, -0.2) is 0 Å². The molecule has 0 aliphatic heterocycles. The van der Waals surface area contributed by atoms with Gasteiger partial charge in [-0.05, 0) is 72.8 Å². The van der Waals surface area contributed by atoms with Gasteiger partial charge in [-0.2, -0.15) is 0 Å². The maximum Gasteiger partial charge on any atom is 0.0788 e. The van der Waals surface area contributed by atoms with Crippen LogP contribution >= 0.6 is 0 Å². The molecule has 2 heterocycles. The maximum absolute atomic E-state index is 2.42. The van der Waals surface area contributed by atoms with E-state index in [1.807, 2.05) is 0 Å². The standard InChI is InChI=1S/C38H27N3/c1-5-13-29(14-6-1)39-26-25-28-21-23-34-35-27-33(40(30-15-7-2-8-16-30)31-17-9-3-10-18-31)22-24-36(35)41(38(34)37(28)39)32-19-11-4-12-20-32/h1-27H. The lowest BCUT2D eigenvalue weighted by molar-refractivity contribution is 1.12. The Morgan fingerprint density at radius 1 is 0.415 bits per heavy atom. The van der Waals surface area contributed by atoms with Crippen molar-refractivity contribution in [2.24, 2.45) is 0 Å². The molecule has 8 aromatic rings. The first kappa shape index (κ1) is 23.4. The largest absolute Gasteiger partial charge is 0.315 e. The lowest BCUT2D eigenvalue weighted by Gasteiger charge is -2.25. The van der Waals surface area contributed by atoms with Gasteiger partial charge in [0.1, 0.15) is 0 Å². The van der Waals surface area contributed by atoms with Crippen LogP contribution in [0.5, 0.6) is 0 Å². The SMILES string of the molecule is c1ccc(N(c2ccccc2)c2ccc3c(c2)c2ccc4ccn(-c5ccccc5)c4c2n3-c2ccccc2)cc1. The molecule has 0 bridgehead atoms. The topological polar surface area (TPSA) is 13.1 Å². The Labute approximate surface area is 238 Å². The fourth-order valence-electron chi connectivity index (χ4n) is 6.10. The molecule has 2 aromatic heterocycles. The van der Waals surface area contributed by atoms with Gasteiger partial charge in [-0.1, -0.05) is 84.9 Å². The van der Waals surface area contributed by atoms with Gasteiger partial charge in [-0.3, -0.25) is 0 Å². The second-order valence-electron chi connectivity index (χ2n) is 10.3. The van der Waals surface area contributed by atoms with Gasteiger partial charge in [0.15, 0.2) is 0 Å². The molecule has 8 rings (SSSR count). The molecule has 6 aromatic carbocycles. The van der Waals surface area contributed by atoms with E-state index in [-0.39, 0.29) is 0 Å². The van der Waals surface area contributed by atoms with Crippen molar-refractivity contribution in [2.45, 2.75) is 0 Å². The summed E-state index contributed by atoms with van der Waals surface area (Å²) in [6.45, 7) is 0. The number of aromatic nitrogens is 2. The van der Waals surface area contributed by atoms with Crippen LogP contribution in [0.1, 0.15) is 0 Å². The van der Waals surface area contributed by atoms with Crippen molar-refractivity contribution in [3.8, 4) is 11.4 Å². The Hall–Kier alpha value is -5.54. The first-order chi connectivity index (χ1) is 20.4. The molecule has 0 unspecified atom stereocenters. The molecule has 41 heavy (non-hydrogen) atoms. The van der Waals surface area contributed by atoms with E-state index < -0.39 is 0 Å². The van der Waals surface area contributed by atoms with Crippen LogP contribution in [0, 0.1) is 0 Å². The molecule has 0 saturated heterocycles. The molecule has 0 radical (unpaired) electrons. The van der Waals surface area contributed by atoms with Crippen LogP contribution in [0.25, 0.3) is 44.1 Å². The van der Waals surface area contributed by atoms with Crippen LogP contribution in [-0.4, -0.2) is 9.13 Å². The smallest absolute Gasteiger partial charge is 0.0788 e. The molecular weight excluding hydrogens is 498 g/mol. The fraction of sp³-hybridized carbons (Fsp3) is 0. The highest BCUT2D eigenvalue weighted by Crippen LogP contribution is 2.41. The molecule has 0 N–H and O–H groups in total. The summed E-state index contributed by atoms with van der Waals surface area (Å²) in [5.74, 6) is 0. The van der Waals surface area contributed by atoms with Crippen molar-refractivity contribution in [2.75, 3.05) is 4.90 Å². The van der Waals surface area contributed by atoms with Gasteiger partial charge in [0.25, 0.3) is 0 Å². The van der Waals surface area contributed by atoms with Gasteiger partial charge >= 0.3 is 0 Å². The molecule has 0 aliphatic carbocycles. The lowest BCUT2D eigenvalue weighted by atomic mass is 10.1. The van der Waals surface area contributed by atoms with Gasteiger partial charge in [0.2, 0.25) is 0 Å². The molecule has 3 heteroatoms. The Morgan fingerprint density at radius 2 is 1.00 bits per heavy atom. The highest BCUT2D eigenvalue weighted by atomic mass is 15.1. The predicted octanol–water partition coefficient (Wildman–Crippen LogP) is 10.2. The van der Waals surface area contributed by atoms with Crippen LogP contribution in [0.3, 0.4) is 0 Å². The number of para-hydroxylation sites is 4. The van der Waals surface area contributed by atoms with Gasteiger partial charge in [-0.15, -0.1) is 0 Å². The van der Waals surface area contributed by atoms with Crippen molar-refractivity contribution >= 4 is 49.8 Å². The summed E-state index contributed by atoms with van der Waals surface area (Å²) in [6.07, 6.45) is 2.18. The summed E-state index contributed by atoms with van der Waals surface area (Å²) >= 11 is 0. The van der Waals surface area contributed by atoms with Crippen molar-refractivity contribution in [3.05, 3.63) is 164 Å². The Kier molecular flexibility index (Phi) is 5.46. The summed E-state index contributed by atoms with van der Waals surface area (Å²) in [6, 6.07) is 56.1. The molecule has 0 amide bonds. The molecule has 0 aliphatic rings. The summed E-state index contributed by atoms with van der Waals surface area (Å²) < 4.78 is 4.74.